The van der Waals surface area contributed by atoms with Crippen LogP contribution in [-0.2, 0) is 9.53 Å². The van der Waals surface area contributed by atoms with E-state index in [2.05, 4.69) is 31.0 Å². The number of nitrogens with one attached hydrogen (secondary N) is 1. The molecule has 1 heterocycles. The van der Waals surface area contributed by atoms with Crippen LogP contribution in [0.15, 0.2) is 16.7 Å². The van der Waals surface area contributed by atoms with Crippen molar-refractivity contribution >= 4 is 33.4 Å². The van der Waals surface area contributed by atoms with Gasteiger partial charge in [-0.2, -0.15) is 0 Å². The fourth-order valence-corrected chi connectivity index (χ4v) is 1.48. The smallest absolute Gasteiger partial charge is 0.328 e. The van der Waals surface area contributed by atoms with Crippen LogP contribution in [0.1, 0.15) is 6.92 Å². The molecule has 0 bridgehead atoms. The van der Waals surface area contributed by atoms with Crippen molar-refractivity contribution in [3.05, 3.63) is 16.7 Å². The number of anilines is 2. The van der Waals surface area contributed by atoms with Gasteiger partial charge < -0.3 is 15.8 Å². The predicted molar refractivity (Wildman–Crippen MR) is 61.5 cm³/mol. The summed E-state index contributed by atoms with van der Waals surface area (Å²) >= 11 is 3.29. The number of hydrogen-bond acceptors (Lipinski definition) is 5. The van der Waals surface area contributed by atoms with Gasteiger partial charge in [-0.1, -0.05) is 0 Å². The van der Waals surface area contributed by atoms with Crippen LogP contribution in [0, 0.1) is 0 Å². The minimum atomic E-state index is -0.456. The Labute approximate surface area is 96.1 Å². The van der Waals surface area contributed by atoms with Crippen LogP contribution in [0.25, 0.3) is 0 Å². The van der Waals surface area contributed by atoms with Gasteiger partial charge in [0.1, 0.15) is 11.9 Å². The van der Waals surface area contributed by atoms with Crippen molar-refractivity contribution < 1.29 is 9.53 Å². The molecule has 0 aliphatic heterocycles. The topological polar surface area (TPSA) is 77.2 Å². The van der Waals surface area contributed by atoms with Gasteiger partial charge >= 0.3 is 5.97 Å². The van der Waals surface area contributed by atoms with Gasteiger partial charge in [-0.3, -0.25) is 0 Å². The second-order valence-corrected chi connectivity index (χ2v) is 3.84. The van der Waals surface area contributed by atoms with Gasteiger partial charge in [-0.25, -0.2) is 9.78 Å². The van der Waals surface area contributed by atoms with E-state index >= 15 is 0 Å². The lowest BCUT2D eigenvalue weighted by Crippen LogP contribution is -2.27. The van der Waals surface area contributed by atoms with Crippen LogP contribution in [0.2, 0.25) is 0 Å². The molecule has 0 saturated heterocycles. The van der Waals surface area contributed by atoms with Crippen LogP contribution in [0.5, 0.6) is 0 Å². The molecule has 1 rings (SSSR count). The molecule has 0 aromatic carbocycles. The minimum absolute atomic E-state index is 0.347. The highest BCUT2D eigenvalue weighted by Gasteiger charge is 2.14. The number of rotatable bonds is 3. The summed E-state index contributed by atoms with van der Waals surface area (Å²) in [6.07, 6.45) is 1.51. The molecular formula is C9H12BrN3O2. The van der Waals surface area contributed by atoms with E-state index < -0.39 is 6.04 Å². The predicted octanol–water partition coefficient (Wildman–Crippen LogP) is 1.40. The Kier molecular flexibility index (Phi) is 3.90. The Morgan fingerprint density at radius 1 is 1.73 bits per heavy atom. The number of halogens is 1. The highest BCUT2D eigenvalue weighted by molar-refractivity contribution is 9.10. The van der Waals surface area contributed by atoms with E-state index in [9.17, 15) is 4.79 Å². The molecule has 0 fully saturated rings. The minimum Gasteiger partial charge on any atom is -0.467 e. The maximum absolute atomic E-state index is 11.1. The first-order valence-electron chi connectivity index (χ1n) is 4.30. The summed E-state index contributed by atoms with van der Waals surface area (Å²) in [6.45, 7) is 1.69. The molecular weight excluding hydrogens is 262 g/mol. The Morgan fingerprint density at radius 3 is 2.93 bits per heavy atom. The van der Waals surface area contributed by atoms with Gasteiger partial charge in [0.25, 0.3) is 0 Å². The Hall–Kier alpha value is -1.30. The average molecular weight is 274 g/mol. The van der Waals surface area contributed by atoms with Crippen LogP contribution >= 0.6 is 15.9 Å². The van der Waals surface area contributed by atoms with Gasteiger partial charge in [0.05, 0.1) is 23.5 Å². The Balaban J connectivity index is 2.76. The molecule has 82 valence electrons. The summed E-state index contributed by atoms with van der Waals surface area (Å²) in [7, 11) is 1.34. The molecule has 0 aliphatic rings. The fraction of sp³-hybridized carbons (Fsp3) is 0.333. The molecule has 0 spiro atoms. The highest BCUT2D eigenvalue weighted by Crippen LogP contribution is 2.22. The van der Waals surface area contributed by atoms with Crippen molar-refractivity contribution in [2.24, 2.45) is 0 Å². The third-order valence-electron chi connectivity index (χ3n) is 1.77. The fourth-order valence-electron chi connectivity index (χ4n) is 1.000. The SMILES string of the molecule is COC(=O)C(C)Nc1ncc(N)cc1Br. The third kappa shape index (κ3) is 3.09. The molecule has 0 radical (unpaired) electrons. The first-order chi connectivity index (χ1) is 7.04. The monoisotopic (exact) mass is 273 g/mol. The first kappa shape index (κ1) is 11.8. The summed E-state index contributed by atoms with van der Waals surface area (Å²) in [5.74, 6) is 0.211. The van der Waals surface area contributed by atoms with Crippen molar-refractivity contribution in [2.45, 2.75) is 13.0 Å². The number of hydrogen-bond donors (Lipinski definition) is 2. The number of nitrogens with zero attached hydrogens (tertiary/aromatic N) is 1. The van der Waals surface area contributed by atoms with Crippen molar-refractivity contribution in [1.82, 2.24) is 4.98 Å². The van der Waals surface area contributed by atoms with Gasteiger partial charge in [-0.15, -0.1) is 0 Å². The lowest BCUT2D eigenvalue weighted by molar-refractivity contribution is -0.141. The van der Waals surface area contributed by atoms with Gasteiger partial charge in [0, 0.05) is 0 Å². The zero-order valence-electron chi connectivity index (χ0n) is 8.45. The second kappa shape index (κ2) is 4.97. The van der Waals surface area contributed by atoms with Gasteiger partial charge in [-0.05, 0) is 28.9 Å². The number of ether oxygens (including phenoxy) is 1. The number of carbonyl (C=O) groups is 1. The van der Waals surface area contributed by atoms with Crippen molar-refractivity contribution in [2.75, 3.05) is 18.2 Å². The lowest BCUT2D eigenvalue weighted by Gasteiger charge is -2.13. The summed E-state index contributed by atoms with van der Waals surface area (Å²) in [6, 6.07) is 1.25. The molecule has 1 aromatic heterocycles. The summed E-state index contributed by atoms with van der Waals surface area (Å²) < 4.78 is 5.29. The van der Waals surface area contributed by atoms with E-state index in [-0.39, 0.29) is 5.97 Å². The van der Waals surface area contributed by atoms with Crippen molar-refractivity contribution in [1.29, 1.82) is 0 Å². The van der Waals surface area contributed by atoms with Gasteiger partial charge in [0.2, 0.25) is 0 Å². The zero-order valence-corrected chi connectivity index (χ0v) is 10.0. The van der Waals surface area contributed by atoms with Gasteiger partial charge in [0.15, 0.2) is 0 Å². The average Bonchev–Trinajstić information content (AvgIpc) is 2.20. The second-order valence-electron chi connectivity index (χ2n) is 2.99. The molecule has 5 nitrogen and oxygen atoms in total. The number of carbonyl (C=O) groups excluding carboxylic acids is 1. The van der Waals surface area contributed by atoms with Crippen LogP contribution in [0.3, 0.4) is 0 Å². The van der Waals surface area contributed by atoms with Crippen LogP contribution in [-0.4, -0.2) is 24.1 Å². The number of aromatic nitrogens is 1. The van der Waals surface area contributed by atoms with Crippen LogP contribution < -0.4 is 11.1 Å². The maximum Gasteiger partial charge on any atom is 0.328 e. The largest absolute Gasteiger partial charge is 0.467 e. The van der Waals surface area contributed by atoms with E-state index in [4.69, 9.17) is 5.73 Å². The molecule has 0 saturated carbocycles. The number of nitrogens with two attached hydrogens (primary N) is 1. The van der Waals surface area contributed by atoms with E-state index in [0.29, 0.717) is 16.0 Å². The zero-order chi connectivity index (χ0) is 11.4. The molecule has 6 heteroatoms. The molecule has 1 unspecified atom stereocenters. The third-order valence-corrected chi connectivity index (χ3v) is 2.37. The lowest BCUT2D eigenvalue weighted by atomic mass is 10.3. The summed E-state index contributed by atoms with van der Waals surface area (Å²) in [5.41, 5.74) is 6.09. The molecule has 1 atom stereocenters. The quantitative estimate of drug-likeness (QED) is 0.815. The Morgan fingerprint density at radius 2 is 2.40 bits per heavy atom. The first-order valence-corrected chi connectivity index (χ1v) is 5.09. The standard InChI is InChI=1S/C9H12BrN3O2/c1-5(9(14)15-2)13-8-7(10)3-6(11)4-12-8/h3-5H,11H2,1-2H3,(H,12,13). The molecule has 15 heavy (non-hydrogen) atoms. The number of esters is 1. The summed E-state index contributed by atoms with van der Waals surface area (Å²) in [5, 5.41) is 2.90. The molecule has 1 aromatic rings. The number of pyridine rings is 1. The number of nitrogen functional groups attached to an aromatic ring is 1. The van der Waals surface area contributed by atoms with Crippen molar-refractivity contribution in [3.63, 3.8) is 0 Å². The van der Waals surface area contributed by atoms with Crippen LogP contribution in [0.4, 0.5) is 11.5 Å². The summed E-state index contributed by atoms with van der Waals surface area (Å²) in [4.78, 5) is 15.2. The van der Waals surface area contributed by atoms with E-state index in [0.717, 1.165) is 0 Å². The molecule has 0 aliphatic carbocycles. The number of methoxy groups -OCH3 is 1. The molecule has 3 N–H and O–H groups in total. The van der Waals surface area contributed by atoms with Crippen molar-refractivity contribution in [3.8, 4) is 0 Å². The highest BCUT2D eigenvalue weighted by atomic mass is 79.9. The molecule has 0 amide bonds. The van der Waals surface area contributed by atoms with E-state index in [1.807, 2.05) is 0 Å². The normalized spacial score (nSPS) is 11.9. The maximum atomic E-state index is 11.1. The van der Waals surface area contributed by atoms with E-state index in [1.165, 1.54) is 13.3 Å². The van der Waals surface area contributed by atoms with E-state index in [1.54, 1.807) is 13.0 Å². The Bertz CT molecular complexity index is 370.